The molecule has 29 heavy (non-hydrogen) atoms. The van der Waals surface area contributed by atoms with Crippen molar-refractivity contribution in [3.8, 4) is 0 Å². The second kappa shape index (κ2) is 11.3. The predicted octanol–water partition coefficient (Wildman–Crippen LogP) is 3.28. The van der Waals surface area contributed by atoms with E-state index in [-0.39, 0.29) is 5.06 Å². The van der Waals surface area contributed by atoms with Crippen LogP contribution in [0.3, 0.4) is 0 Å². The third-order valence-corrected chi connectivity index (χ3v) is 4.53. The number of rotatable bonds is 9. The Hall–Kier alpha value is -1.94. The van der Waals surface area contributed by atoms with Crippen LogP contribution in [0.2, 0.25) is 0 Å². The van der Waals surface area contributed by atoms with Gasteiger partial charge in [-0.25, -0.2) is 4.79 Å². The van der Waals surface area contributed by atoms with Gasteiger partial charge in [-0.1, -0.05) is 6.08 Å². The zero-order chi connectivity index (χ0) is 22.9. The summed E-state index contributed by atoms with van der Waals surface area (Å²) in [7, 11) is -2.99. The first-order chi connectivity index (χ1) is 13.1. The lowest BCUT2D eigenvalue weighted by Gasteiger charge is -2.20. The van der Waals surface area contributed by atoms with Gasteiger partial charge in [-0.15, -0.1) is 0 Å². The Kier molecular flexibility index (Phi) is 10.5. The number of hydrogen-bond donors (Lipinski definition) is 1. The van der Waals surface area contributed by atoms with Crippen molar-refractivity contribution in [3.05, 3.63) is 11.9 Å². The number of carbonyl (C=O) groups is 3. The van der Waals surface area contributed by atoms with Crippen LogP contribution in [-0.4, -0.2) is 55.5 Å². The molecule has 0 aliphatic rings. The van der Waals surface area contributed by atoms with Gasteiger partial charge in [0, 0.05) is 5.82 Å². The number of hydrogen-bond acceptors (Lipinski definition) is 10. The van der Waals surface area contributed by atoms with Crippen molar-refractivity contribution in [2.75, 3.05) is 27.2 Å². The maximum Gasteiger partial charge on any atom is 0.433 e. The van der Waals surface area contributed by atoms with E-state index in [1.165, 1.54) is 0 Å². The smallest absolute Gasteiger partial charge is 0.433 e. The van der Waals surface area contributed by atoms with Crippen molar-refractivity contribution in [1.82, 2.24) is 5.06 Å². The van der Waals surface area contributed by atoms with Gasteiger partial charge < -0.3 is 14.2 Å². The molecule has 0 saturated carbocycles. The molecule has 1 N–H and O–H groups in total. The van der Waals surface area contributed by atoms with Crippen molar-refractivity contribution in [2.24, 2.45) is 10.8 Å². The molecule has 0 aromatic carbocycles. The average Bonchev–Trinajstić information content (AvgIpc) is 2.59. The van der Waals surface area contributed by atoms with Crippen LogP contribution in [0.5, 0.6) is 0 Å². The van der Waals surface area contributed by atoms with Gasteiger partial charge in [0.25, 0.3) is 0 Å². The Bertz CT molecular complexity index is 612. The summed E-state index contributed by atoms with van der Waals surface area (Å²) in [5.41, 5.74) is -1.60. The van der Waals surface area contributed by atoms with E-state index in [1.807, 2.05) is 0 Å². The van der Waals surface area contributed by atoms with Crippen molar-refractivity contribution < 1.29 is 47.4 Å². The highest BCUT2D eigenvalue weighted by Gasteiger charge is 2.28. The van der Waals surface area contributed by atoms with Gasteiger partial charge >= 0.3 is 25.6 Å². The van der Waals surface area contributed by atoms with Crippen LogP contribution in [0.25, 0.3) is 0 Å². The first-order valence-electron chi connectivity index (χ1n) is 8.58. The molecule has 0 radical (unpaired) electrons. The summed E-state index contributed by atoms with van der Waals surface area (Å²) < 4.78 is 36.9. The molecule has 0 aromatic heterocycles. The Morgan fingerprint density at radius 3 is 1.69 bits per heavy atom. The van der Waals surface area contributed by atoms with Crippen molar-refractivity contribution in [3.63, 3.8) is 0 Å². The highest BCUT2D eigenvalue weighted by Crippen LogP contribution is 2.49. The molecule has 0 spiro atoms. The molecule has 0 unspecified atom stereocenters. The third-order valence-electron chi connectivity index (χ3n) is 3.02. The Morgan fingerprint density at radius 2 is 1.34 bits per heavy atom. The van der Waals surface area contributed by atoms with Gasteiger partial charge in [-0.2, -0.15) is 5.06 Å². The standard InChI is InChI=1S/C17H30NO10P/c1-16(2,3)13(19)25-11-27-29(23,10-8-9-18(22)15(21)24-7)28-12-26-14(20)17(4,5)6/h8,10,22H,9,11-12H2,1-7H3/b10-8+. The molecule has 1 amide bonds. The van der Waals surface area contributed by atoms with E-state index in [2.05, 4.69) is 4.74 Å². The quantitative estimate of drug-likeness (QED) is 0.142. The first-order valence-corrected chi connectivity index (χ1v) is 10.2. The molecule has 0 fully saturated rings. The molecule has 0 aliphatic heterocycles. The van der Waals surface area contributed by atoms with Crippen LogP contribution >= 0.6 is 7.60 Å². The van der Waals surface area contributed by atoms with Crippen LogP contribution in [0, 0.1) is 10.8 Å². The Morgan fingerprint density at radius 1 is 0.931 bits per heavy atom. The van der Waals surface area contributed by atoms with E-state index >= 15 is 0 Å². The lowest BCUT2D eigenvalue weighted by atomic mass is 9.98. The topological polar surface area (TPSA) is 138 Å². The molecule has 0 aromatic rings. The Balaban J connectivity index is 5.01. The summed E-state index contributed by atoms with van der Waals surface area (Å²) in [5.74, 6) is -0.270. The number of amides is 1. The highest BCUT2D eigenvalue weighted by molar-refractivity contribution is 7.57. The monoisotopic (exact) mass is 439 g/mol. The van der Waals surface area contributed by atoms with E-state index in [9.17, 15) is 24.2 Å². The van der Waals surface area contributed by atoms with E-state index in [0.29, 0.717) is 0 Å². The number of nitrogens with zero attached hydrogens (tertiary/aromatic N) is 1. The summed E-state index contributed by atoms with van der Waals surface area (Å²) in [5, 5.41) is 9.60. The van der Waals surface area contributed by atoms with Gasteiger partial charge in [0.1, 0.15) is 0 Å². The zero-order valence-corrected chi connectivity index (χ0v) is 18.7. The lowest BCUT2D eigenvalue weighted by Crippen LogP contribution is -2.27. The fourth-order valence-electron chi connectivity index (χ4n) is 1.32. The van der Waals surface area contributed by atoms with Crippen molar-refractivity contribution >= 4 is 25.6 Å². The minimum Gasteiger partial charge on any atom is -0.451 e. The number of methoxy groups -OCH3 is 1. The molecule has 0 atom stereocenters. The van der Waals surface area contributed by atoms with Crippen molar-refractivity contribution in [1.29, 1.82) is 0 Å². The van der Waals surface area contributed by atoms with E-state index in [1.54, 1.807) is 41.5 Å². The lowest BCUT2D eigenvalue weighted by molar-refractivity contribution is -0.161. The number of hydroxylamine groups is 2. The maximum atomic E-state index is 12.8. The molecule has 11 nitrogen and oxygen atoms in total. The highest BCUT2D eigenvalue weighted by atomic mass is 31.2. The van der Waals surface area contributed by atoms with Gasteiger partial charge in [0.15, 0.2) is 0 Å². The fraction of sp³-hybridized carbons (Fsp3) is 0.706. The molecule has 0 aliphatic carbocycles. The van der Waals surface area contributed by atoms with E-state index in [4.69, 9.17) is 18.5 Å². The fourth-order valence-corrected chi connectivity index (χ4v) is 2.32. The normalized spacial score (nSPS) is 12.6. The average molecular weight is 439 g/mol. The third kappa shape index (κ3) is 11.0. The maximum absolute atomic E-state index is 12.8. The number of carbonyl (C=O) groups excluding carboxylic acids is 3. The molecular formula is C17H30NO10P. The number of ether oxygens (including phenoxy) is 3. The second-order valence-corrected chi connectivity index (χ2v) is 9.73. The van der Waals surface area contributed by atoms with Crippen LogP contribution in [-0.2, 0) is 37.4 Å². The zero-order valence-electron chi connectivity index (χ0n) is 17.8. The molecule has 0 saturated heterocycles. The second-order valence-electron chi connectivity index (χ2n) is 7.83. The molecular weight excluding hydrogens is 409 g/mol. The van der Waals surface area contributed by atoms with E-state index in [0.717, 1.165) is 19.0 Å². The SMILES string of the molecule is COC(=O)N(O)C/C=C/P(=O)(OCOC(=O)C(C)(C)C)OCOC(=O)C(C)(C)C. The summed E-state index contributed by atoms with van der Waals surface area (Å²) in [6.45, 7) is 7.97. The largest absolute Gasteiger partial charge is 0.451 e. The molecule has 0 bridgehead atoms. The van der Waals surface area contributed by atoms with Crippen LogP contribution in [0.15, 0.2) is 11.9 Å². The number of esters is 2. The van der Waals surface area contributed by atoms with Gasteiger partial charge in [-0.05, 0) is 41.5 Å². The van der Waals surface area contributed by atoms with Gasteiger partial charge in [0.05, 0.1) is 24.5 Å². The van der Waals surface area contributed by atoms with Crippen LogP contribution in [0.1, 0.15) is 41.5 Å². The minimum atomic E-state index is -4.06. The Labute approximate surface area is 170 Å². The summed E-state index contributed by atoms with van der Waals surface area (Å²) in [4.78, 5) is 34.7. The summed E-state index contributed by atoms with van der Waals surface area (Å²) in [6.07, 6.45) is 0.0685. The molecule has 168 valence electrons. The van der Waals surface area contributed by atoms with Crippen LogP contribution < -0.4 is 0 Å². The summed E-state index contributed by atoms with van der Waals surface area (Å²) in [6, 6.07) is 0. The first kappa shape index (κ1) is 27.1. The molecule has 12 heteroatoms. The van der Waals surface area contributed by atoms with Gasteiger partial charge in [0.2, 0.25) is 13.6 Å². The summed E-state index contributed by atoms with van der Waals surface area (Å²) >= 11 is 0. The van der Waals surface area contributed by atoms with Crippen LogP contribution in [0.4, 0.5) is 4.79 Å². The van der Waals surface area contributed by atoms with E-state index < -0.39 is 56.6 Å². The predicted molar refractivity (Wildman–Crippen MR) is 101 cm³/mol. The van der Waals surface area contributed by atoms with Crippen molar-refractivity contribution in [2.45, 2.75) is 41.5 Å². The molecule has 0 rings (SSSR count). The molecule has 0 heterocycles. The van der Waals surface area contributed by atoms with Gasteiger partial charge in [-0.3, -0.25) is 28.4 Å². The minimum absolute atomic E-state index is 0.208.